The molecule has 1 heterocycles. The highest BCUT2D eigenvalue weighted by Crippen LogP contribution is 2.22. The number of hydrogen-bond donors (Lipinski definition) is 3. The monoisotopic (exact) mass is 303 g/mol. The molecule has 2 amide bonds. The smallest absolute Gasteiger partial charge is 0.242 e. The van der Waals surface area contributed by atoms with Gasteiger partial charge >= 0.3 is 0 Å². The molecule has 22 heavy (non-hydrogen) atoms. The van der Waals surface area contributed by atoms with Gasteiger partial charge in [0.25, 0.3) is 0 Å². The number of aromatic nitrogens is 1. The third kappa shape index (κ3) is 3.46. The van der Waals surface area contributed by atoms with Crippen molar-refractivity contribution < 1.29 is 14.3 Å². The molecule has 2 aromatic rings. The number of aromatic amines is 1. The van der Waals surface area contributed by atoms with E-state index in [1.54, 1.807) is 0 Å². The van der Waals surface area contributed by atoms with Crippen molar-refractivity contribution in [2.45, 2.75) is 25.8 Å². The van der Waals surface area contributed by atoms with E-state index < -0.39 is 11.9 Å². The Morgan fingerprint density at radius 2 is 2.14 bits per heavy atom. The average molecular weight is 303 g/mol. The van der Waals surface area contributed by atoms with Crippen LogP contribution in [0, 0.1) is 0 Å². The lowest BCUT2D eigenvalue weighted by Crippen LogP contribution is -2.47. The van der Waals surface area contributed by atoms with Gasteiger partial charge < -0.3 is 20.8 Å². The summed E-state index contributed by atoms with van der Waals surface area (Å²) in [6.07, 6.45) is 2.93. The Balaban J connectivity index is 2.13. The SMILES string of the molecule is CCc1cccc2c(CC(=O)NC(COC)C(N)=O)c[nH]c12. The number of nitrogens with one attached hydrogen (secondary N) is 2. The van der Waals surface area contributed by atoms with E-state index in [1.165, 1.54) is 12.7 Å². The first-order chi connectivity index (χ1) is 10.6. The van der Waals surface area contributed by atoms with Crippen molar-refractivity contribution in [2.75, 3.05) is 13.7 Å². The number of H-pyrrole nitrogens is 1. The molecule has 0 saturated heterocycles. The van der Waals surface area contributed by atoms with Crippen LogP contribution in [0.3, 0.4) is 0 Å². The van der Waals surface area contributed by atoms with Gasteiger partial charge in [-0.15, -0.1) is 0 Å². The Kier molecular flexibility index (Phi) is 5.16. The molecule has 6 heteroatoms. The quantitative estimate of drug-likeness (QED) is 0.708. The Bertz CT molecular complexity index is 678. The molecule has 0 saturated carbocycles. The van der Waals surface area contributed by atoms with Crippen molar-refractivity contribution in [3.63, 3.8) is 0 Å². The zero-order valence-electron chi connectivity index (χ0n) is 12.8. The molecular formula is C16H21N3O3. The molecule has 0 fully saturated rings. The highest BCUT2D eigenvalue weighted by molar-refractivity contribution is 5.92. The summed E-state index contributed by atoms with van der Waals surface area (Å²) in [5.74, 6) is -0.869. The van der Waals surface area contributed by atoms with Gasteiger partial charge in [-0.2, -0.15) is 0 Å². The second-order valence-electron chi connectivity index (χ2n) is 5.16. The number of benzene rings is 1. The van der Waals surface area contributed by atoms with Crippen LogP contribution in [0.15, 0.2) is 24.4 Å². The summed E-state index contributed by atoms with van der Waals surface area (Å²) in [5, 5.41) is 3.62. The summed E-state index contributed by atoms with van der Waals surface area (Å²) in [5.41, 5.74) is 8.38. The summed E-state index contributed by atoms with van der Waals surface area (Å²) >= 11 is 0. The van der Waals surface area contributed by atoms with E-state index in [0.29, 0.717) is 0 Å². The van der Waals surface area contributed by atoms with Gasteiger partial charge in [0.05, 0.1) is 13.0 Å². The van der Waals surface area contributed by atoms with E-state index in [9.17, 15) is 9.59 Å². The molecule has 4 N–H and O–H groups in total. The van der Waals surface area contributed by atoms with Crippen LogP contribution >= 0.6 is 0 Å². The molecule has 0 spiro atoms. The number of aryl methyl sites for hydroxylation is 1. The molecular weight excluding hydrogens is 282 g/mol. The molecule has 1 aromatic heterocycles. The van der Waals surface area contributed by atoms with E-state index in [0.717, 1.165) is 22.9 Å². The minimum Gasteiger partial charge on any atom is -0.382 e. The lowest BCUT2D eigenvalue weighted by Gasteiger charge is -2.14. The minimum absolute atomic E-state index is 0.0644. The van der Waals surface area contributed by atoms with Crippen LogP contribution in [0.4, 0.5) is 0 Å². The summed E-state index contributed by atoms with van der Waals surface area (Å²) in [6, 6.07) is 5.21. The van der Waals surface area contributed by atoms with Gasteiger partial charge in [0.2, 0.25) is 11.8 Å². The van der Waals surface area contributed by atoms with Crippen LogP contribution in [0.2, 0.25) is 0 Å². The number of rotatable bonds is 7. The van der Waals surface area contributed by atoms with Crippen LogP contribution in [0.25, 0.3) is 10.9 Å². The maximum atomic E-state index is 12.1. The Morgan fingerprint density at radius 3 is 2.77 bits per heavy atom. The summed E-state index contributed by atoms with van der Waals surface area (Å²) in [7, 11) is 1.45. The summed E-state index contributed by atoms with van der Waals surface area (Å²) in [4.78, 5) is 26.6. The van der Waals surface area contributed by atoms with E-state index in [1.807, 2.05) is 18.3 Å². The third-order valence-electron chi connectivity index (χ3n) is 3.63. The lowest BCUT2D eigenvalue weighted by atomic mass is 10.1. The Labute approximate surface area is 129 Å². The molecule has 0 bridgehead atoms. The zero-order chi connectivity index (χ0) is 16.1. The largest absolute Gasteiger partial charge is 0.382 e. The fraction of sp³-hybridized carbons (Fsp3) is 0.375. The maximum Gasteiger partial charge on any atom is 0.242 e. The molecule has 0 radical (unpaired) electrons. The number of primary amides is 1. The molecule has 6 nitrogen and oxygen atoms in total. The van der Waals surface area contributed by atoms with E-state index in [4.69, 9.17) is 10.5 Å². The molecule has 118 valence electrons. The lowest BCUT2D eigenvalue weighted by molar-refractivity contribution is -0.128. The normalized spacial score (nSPS) is 12.3. The molecule has 0 aliphatic carbocycles. The van der Waals surface area contributed by atoms with Crippen molar-refractivity contribution in [1.82, 2.24) is 10.3 Å². The molecule has 1 atom stereocenters. The van der Waals surface area contributed by atoms with Crippen LogP contribution in [-0.2, 0) is 27.2 Å². The predicted molar refractivity (Wildman–Crippen MR) is 84.4 cm³/mol. The Hall–Kier alpha value is -2.34. The first kappa shape index (κ1) is 16.0. The second-order valence-corrected chi connectivity index (χ2v) is 5.16. The molecule has 0 aliphatic heterocycles. The number of para-hydroxylation sites is 1. The number of ether oxygens (including phenoxy) is 1. The van der Waals surface area contributed by atoms with Gasteiger partial charge in [-0.3, -0.25) is 9.59 Å². The van der Waals surface area contributed by atoms with Crippen molar-refractivity contribution in [1.29, 1.82) is 0 Å². The number of methoxy groups -OCH3 is 1. The van der Waals surface area contributed by atoms with Crippen molar-refractivity contribution in [3.05, 3.63) is 35.5 Å². The van der Waals surface area contributed by atoms with E-state index >= 15 is 0 Å². The van der Waals surface area contributed by atoms with Gasteiger partial charge in [-0.1, -0.05) is 25.1 Å². The van der Waals surface area contributed by atoms with E-state index in [2.05, 4.69) is 23.3 Å². The van der Waals surface area contributed by atoms with Gasteiger partial charge in [-0.25, -0.2) is 0 Å². The standard InChI is InChI=1S/C16H21N3O3/c1-3-10-5-4-6-12-11(8-18-15(10)12)7-14(20)19-13(9-22-2)16(17)21/h4-6,8,13,18H,3,7,9H2,1-2H3,(H2,17,21)(H,19,20). The van der Waals surface area contributed by atoms with Gasteiger partial charge in [0.1, 0.15) is 6.04 Å². The van der Waals surface area contributed by atoms with Gasteiger partial charge in [0.15, 0.2) is 0 Å². The fourth-order valence-corrected chi connectivity index (χ4v) is 2.50. The number of hydrogen-bond acceptors (Lipinski definition) is 3. The van der Waals surface area contributed by atoms with Gasteiger partial charge in [0, 0.05) is 24.2 Å². The minimum atomic E-state index is -0.811. The first-order valence-electron chi connectivity index (χ1n) is 7.22. The van der Waals surface area contributed by atoms with Crippen LogP contribution in [-0.4, -0.2) is 36.6 Å². The number of nitrogens with two attached hydrogens (primary N) is 1. The molecule has 1 aromatic carbocycles. The number of amides is 2. The maximum absolute atomic E-state index is 12.1. The fourth-order valence-electron chi connectivity index (χ4n) is 2.50. The number of carbonyl (C=O) groups excluding carboxylic acids is 2. The molecule has 0 aliphatic rings. The topological polar surface area (TPSA) is 97.2 Å². The van der Waals surface area contributed by atoms with Crippen LogP contribution < -0.4 is 11.1 Å². The van der Waals surface area contributed by atoms with Crippen molar-refractivity contribution in [2.24, 2.45) is 5.73 Å². The summed E-state index contributed by atoms with van der Waals surface area (Å²) in [6.45, 7) is 2.15. The summed E-state index contributed by atoms with van der Waals surface area (Å²) < 4.78 is 4.88. The highest BCUT2D eigenvalue weighted by Gasteiger charge is 2.18. The molecule has 2 rings (SSSR count). The van der Waals surface area contributed by atoms with Crippen LogP contribution in [0.1, 0.15) is 18.1 Å². The first-order valence-corrected chi connectivity index (χ1v) is 7.22. The van der Waals surface area contributed by atoms with Crippen LogP contribution in [0.5, 0.6) is 0 Å². The third-order valence-corrected chi connectivity index (χ3v) is 3.63. The molecule has 1 unspecified atom stereocenters. The predicted octanol–water partition coefficient (Wildman–Crippen LogP) is 0.889. The zero-order valence-corrected chi connectivity index (χ0v) is 12.8. The number of fused-ring (bicyclic) bond motifs is 1. The van der Waals surface area contributed by atoms with Crippen molar-refractivity contribution >= 4 is 22.7 Å². The second kappa shape index (κ2) is 7.09. The van der Waals surface area contributed by atoms with Crippen molar-refractivity contribution in [3.8, 4) is 0 Å². The number of carbonyl (C=O) groups is 2. The average Bonchev–Trinajstić information content (AvgIpc) is 2.89. The highest BCUT2D eigenvalue weighted by atomic mass is 16.5. The Morgan fingerprint density at radius 1 is 1.36 bits per heavy atom. The van der Waals surface area contributed by atoms with Gasteiger partial charge in [-0.05, 0) is 17.5 Å². The van der Waals surface area contributed by atoms with E-state index in [-0.39, 0.29) is 18.9 Å².